The molecule has 21 heavy (non-hydrogen) atoms. The van der Waals surface area contributed by atoms with E-state index in [-0.39, 0.29) is 5.97 Å². The van der Waals surface area contributed by atoms with Crippen LogP contribution in [0.1, 0.15) is 29.9 Å². The van der Waals surface area contributed by atoms with Crippen LogP contribution < -0.4 is 5.32 Å². The summed E-state index contributed by atoms with van der Waals surface area (Å²) in [6.07, 6.45) is 1.51. The van der Waals surface area contributed by atoms with Gasteiger partial charge in [-0.2, -0.15) is 5.10 Å². The van der Waals surface area contributed by atoms with Crippen LogP contribution in [-0.4, -0.2) is 65.1 Å². The summed E-state index contributed by atoms with van der Waals surface area (Å²) in [5, 5.41) is 17.5. The van der Waals surface area contributed by atoms with Crippen LogP contribution in [0.3, 0.4) is 0 Å². The molecule has 0 saturated heterocycles. The average molecular weight is 298 g/mol. The summed E-state index contributed by atoms with van der Waals surface area (Å²) in [6.45, 7) is 5.28. The molecule has 1 atom stereocenters. The van der Waals surface area contributed by atoms with Crippen LogP contribution >= 0.6 is 0 Å². The number of nitrogens with one attached hydrogen (secondary N) is 1. The van der Waals surface area contributed by atoms with Gasteiger partial charge in [0.2, 0.25) is 0 Å². The van der Waals surface area contributed by atoms with E-state index in [1.807, 2.05) is 19.0 Å². The lowest BCUT2D eigenvalue weighted by Gasteiger charge is -2.27. The molecule has 1 unspecified atom stereocenters. The van der Waals surface area contributed by atoms with Crippen molar-refractivity contribution in [3.05, 3.63) is 17.5 Å². The Kier molecular flexibility index (Phi) is 6.32. The summed E-state index contributed by atoms with van der Waals surface area (Å²) in [7, 11) is 5.60. The second-order valence-electron chi connectivity index (χ2n) is 5.69. The van der Waals surface area contributed by atoms with Crippen LogP contribution in [0.15, 0.2) is 6.20 Å². The number of aliphatic hydroxyl groups is 1. The molecule has 0 saturated carbocycles. The molecule has 7 nitrogen and oxygen atoms in total. The summed E-state index contributed by atoms with van der Waals surface area (Å²) in [4.78, 5) is 13.8. The van der Waals surface area contributed by atoms with Crippen LogP contribution in [-0.2, 0) is 18.3 Å². The molecule has 0 spiro atoms. The van der Waals surface area contributed by atoms with Crippen molar-refractivity contribution in [1.82, 2.24) is 20.0 Å². The van der Waals surface area contributed by atoms with Crippen molar-refractivity contribution in [2.75, 3.05) is 33.8 Å². The topological polar surface area (TPSA) is 79.6 Å². The molecule has 7 heteroatoms. The summed E-state index contributed by atoms with van der Waals surface area (Å²) in [6, 6.07) is 0. The molecule has 0 amide bonds. The Labute approximate surface area is 125 Å². The van der Waals surface area contributed by atoms with Crippen molar-refractivity contribution in [2.45, 2.75) is 26.0 Å². The SMILES string of the molecule is CCOC(=O)c1cnn(C)c1CNCC(C)(O)CN(C)C. The van der Waals surface area contributed by atoms with Crippen LogP contribution in [0.25, 0.3) is 0 Å². The average Bonchev–Trinajstić information content (AvgIpc) is 2.69. The predicted octanol–water partition coefficient (Wildman–Crippen LogP) is -0.001000. The highest BCUT2D eigenvalue weighted by atomic mass is 16.5. The van der Waals surface area contributed by atoms with Gasteiger partial charge in [-0.25, -0.2) is 4.79 Å². The number of nitrogens with zero attached hydrogens (tertiary/aromatic N) is 3. The van der Waals surface area contributed by atoms with Crippen molar-refractivity contribution in [1.29, 1.82) is 0 Å². The Hall–Kier alpha value is -1.44. The minimum atomic E-state index is -0.841. The van der Waals surface area contributed by atoms with Gasteiger partial charge in [0.05, 0.1) is 24.1 Å². The number of hydrogen-bond donors (Lipinski definition) is 2. The van der Waals surface area contributed by atoms with Gasteiger partial charge in [-0.3, -0.25) is 4.68 Å². The van der Waals surface area contributed by atoms with E-state index in [1.54, 1.807) is 25.6 Å². The standard InChI is InChI=1S/C14H26N4O3/c1-6-21-13(19)11-7-16-18(5)12(11)8-15-9-14(2,20)10-17(3)4/h7,15,20H,6,8-10H2,1-5H3. The predicted molar refractivity (Wildman–Crippen MR) is 80.0 cm³/mol. The largest absolute Gasteiger partial charge is 0.462 e. The zero-order chi connectivity index (χ0) is 16.0. The monoisotopic (exact) mass is 298 g/mol. The van der Waals surface area contributed by atoms with E-state index < -0.39 is 5.60 Å². The molecule has 1 rings (SSSR count). The summed E-state index contributed by atoms with van der Waals surface area (Å²) in [5.74, 6) is -0.373. The maximum atomic E-state index is 11.8. The third kappa shape index (κ3) is 5.45. The number of carbonyl (C=O) groups excluding carboxylic acids is 1. The fourth-order valence-electron chi connectivity index (χ4n) is 2.24. The van der Waals surface area contributed by atoms with Crippen LogP contribution in [0.2, 0.25) is 0 Å². The number of rotatable bonds is 8. The van der Waals surface area contributed by atoms with E-state index in [2.05, 4.69) is 10.4 Å². The van der Waals surface area contributed by atoms with Gasteiger partial charge in [0.15, 0.2) is 0 Å². The molecule has 1 aromatic rings. The van der Waals surface area contributed by atoms with Crippen molar-refractivity contribution in [3.63, 3.8) is 0 Å². The maximum absolute atomic E-state index is 11.8. The smallest absolute Gasteiger partial charge is 0.341 e. The number of esters is 1. The van der Waals surface area contributed by atoms with Crippen molar-refractivity contribution in [2.24, 2.45) is 7.05 Å². The fraction of sp³-hybridized carbons (Fsp3) is 0.714. The molecule has 0 aromatic carbocycles. The van der Waals surface area contributed by atoms with Crippen molar-refractivity contribution < 1.29 is 14.6 Å². The Balaban J connectivity index is 2.63. The first-order valence-electron chi connectivity index (χ1n) is 7.02. The van der Waals surface area contributed by atoms with Gasteiger partial charge in [0.1, 0.15) is 5.56 Å². The third-order valence-electron chi connectivity index (χ3n) is 3.01. The maximum Gasteiger partial charge on any atom is 0.341 e. The van der Waals surface area contributed by atoms with Crippen LogP contribution in [0, 0.1) is 0 Å². The van der Waals surface area contributed by atoms with Gasteiger partial charge in [0.25, 0.3) is 0 Å². The van der Waals surface area contributed by atoms with E-state index in [0.29, 0.717) is 31.8 Å². The minimum absolute atomic E-state index is 0.331. The highest BCUT2D eigenvalue weighted by Gasteiger charge is 2.22. The van der Waals surface area contributed by atoms with Gasteiger partial charge in [-0.15, -0.1) is 0 Å². The number of aryl methyl sites for hydroxylation is 1. The summed E-state index contributed by atoms with van der Waals surface area (Å²) in [5.41, 5.74) is 0.361. The lowest BCUT2D eigenvalue weighted by Crippen LogP contribution is -2.45. The van der Waals surface area contributed by atoms with Gasteiger partial charge in [-0.1, -0.05) is 0 Å². The quantitative estimate of drug-likeness (QED) is 0.658. The van der Waals surface area contributed by atoms with Crippen LogP contribution in [0.5, 0.6) is 0 Å². The normalized spacial score (nSPS) is 14.2. The van der Waals surface area contributed by atoms with Gasteiger partial charge < -0.3 is 20.1 Å². The molecule has 0 aliphatic heterocycles. The molecular formula is C14H26N4O3. The molecular weight excluding hydrogens is 272 g/mol. The molecule has 1 heterocycles. The van der Waals surface area contributed by atoms with E-state index in [4.69, 9.17) is 4.74 Å². The highest BCUT2D eigenvalue weighted by molar-refractivity contribution is 5.90. The van der Waals surface area contributed by atoms with Gasteiger partial charge in [0, 0.05) is 26.7 Å². The molecule has 0 radical (unpaired) electrons. The Morgan fingerprint density at radius 3 is 2.81 bits per heavy atom. The van der Waals surface area contributed by atoms with Crippen molar-refractivity contribution >= 4 is 5.97 Å². The zero-order valence-electron chi connectivity index (χ0n) is 13.5. The van der Waals surface area contributed by atoms with Gasteiger partial charge in [-0.05, 0) is 27.9 Å². The highest BCUT2D eigenvalue weighted by Crippen LogP contribution is 2.10. The van der Waals surface area contributed by atoms with E-state index in [0.717, 1.165) is 5.69 Å². The molecule has 1 aromatic heterocycles. The second-order valence-corrected chi connectivity index (χ2v) is 5.69. The van der Waals surface area contributed by atoms with E-state index in [9.17, 15) is 9.90 Å². The number of ether oxygens (including phenoxy) is 1. The lowest BCUT2D eigenvalue weighted by atomic mass is 10.1. The molecule has 2 N–H and O–H groups in total. The first-order chi connectivity index (χ1) is 9.76. The first-order valence-corrected chi connectivity index (χ1v) is 7.02. The summed E-state index contributed by atoms with van der Waals surface area (Å²) < 4.78 is 6.64. The molecule has 0 fully saturated rings. The fourth-order valence-corrected chi connectivity index (χ4v) is 2.24. The molecule has 0 bridgehead atoms. The number of hydrogen-bond acceptors (Lipinski definition) is 6. The Bertz CT molecular complexity index is 469. The molecule has 0 aliphatic carbocycles. The number of aromatic nitrogens is 2. The molecule has 120 valence electrons. The number of carbonyl (C=O) groups is 1. The van der Waals surface area contributed by atoms with Crippen LogP contribution in [0.4, 0.5) is 0 Å². The third-order valence-corrected chi connectivity index (χ3v) is 3.01. The van der Waals surface area contributed by atoms with Gasteiger partial charge >= 0.3 is 5.97 Å². The van der Waals surface area contributed by atoms with E-state index in [1.165, 1.54) is 6.20 Å². The number of likely N-dealkylation sites (N-methyl/N-ethyl adjacent to an activating group) is 1. The van der Waals surface area contributed by atoms with Crippen molar-refractivity contribution in [3.8, 4) is 0 Å². The second kappa shape index (κ2) is 7.53. The Morgan fingerprint density at radius 1 is 1.57 bits per heavy atom. The zero-order valence-corrected chi connectivity index (χ0v) is 13.5. The molecule has 0 aliphatic rings. The van der Waals surface area contributed by atoms with E-state index >= 15 is 0 Å². The first kappa shape index (κ1) is 17.6. The lowest BCUT2D eigenvalue weighted by molar-refractivity contribution is 0.0334. The summed E-state index contributed by atoms with van der Waals surface area (Å²) >= 11 is 0. The Morgan fingerprint density at radius 2 is 2.24 bits per heavy atom. The minimum Gasteiger partial charge on any atom is -0.462 e.